The van der Waals surface area contributed by atoms with Gasteiger partial charge in [0.1, 0.15) is 0 Å². The van der Waals surface area contributed by atoms with Gasteiger partial charge >= 0.3 is 5.97 Å². The minimum atomic E-state index is -0.633. The van der Waals surface area contributed by atoms with Crippen LogP contribution in [0.3, 0.4) is 0 Å². The van der Waals surface area contributed by atoms with E-state index in [1.807, 2.05) is 25.1 Å². The van der Waals surface area contributed by atoms with Crippen LogP contribution in [0.15, 0.2) is 35.3 Å². The molecule has 1 unspecified atom stereocenters. The van der Waals surface area contributed by atoms with E-state index >= 15 is 0 Å². The largest absolute Gasteiger partial charge is 0.465 e. The fraction of sp³-hybridized carbons (Fsp3) is 0.579. The maximum Gasteiger partial charge on any atom is 0.314 e. The third kappa shape index (κ3) is 3.68. The normalized spacial score (nSPS) is 25.8. The molecular formula is C19H25NO4. The minimum Gasteiger partial charge on any atom is -0.465 e. The molecule has 0 N–H and O–H groups in total. The number of carbonyl (C=O) groups excluding carboxylic acids is 1. The fourth-order valence-electron chi connectivity index (χ4n) is 3.45. The van der Waals surface area contributed by atoms with E-state index in [9.17, 15) is 4.79 Å². The van der Waals surface area contributed by atoms with Crippen molar-refractivity contribution in [3.05, 3.63) is 35.9 Å². The van der Waals surface area contributed by atoms with Crippen LogP contribution in [0.4, 0.5) is 0 Å². The van der Waals surface area contributed by atoms with E-state index in [0.29, 0.717) is 32.7 Å². The van der Waals surface area contributed by atoms with Crippen molar-refractivity contribution in [1.82, 2.24) is 0 Å². The Hall–Kier alpha value is -1.72. The van der Waals surface area contributed by atoms with Crippen LogP contribution in [0.2, 0.25) is 0 Å². The van der Waals surface area contributed by atoms with Crippen LogP contribution in [-0.2, 0) is 19.0 Å². The van der Waals surface area contributed by atoms with E-state index in [1.165, 1.54) is 0 Å². The lowest BCUT2D eigenvalue weighted by Crippen LogP contribution is -2.44. The Labute approximate surface area is 143 Å². The van der Waals surface area contributed by atoms with E-state index in [4.69, 9.17) is 19.2 Å². The third-order valence-corrected chi connectivity index (χ3v) is 4.71. The van der Waals surface area contributed by atoms with Crippen molar-refractivity contribution in [2.75, 3.05) is 19.8 Å². The Bertz CT molecular complexity index is 593. The first-order valence-corrected chi connectivity index (χ1v) is 8.69. The summed E-state index contributed by atoms with van der Waals surface area (Å²) < 4.78 is 16.9. The molecule has 24 heavy (non-hydrogen) atoms. The summed E-state index contributed by atoms with van der Waals surface area (Å²) in [7, 11) is 0. The first kappa shape index (κ1) is 17.1. The second-order valence-electron chi connectivity index (χ2n) is 6.32. The van der Waals surface area contributed by atoms with E-state index in [2.05, 4.69) is 19.1 Å². The number of aliphatic imine (C=N–C) groups is 1. The number of hydrogen-bond acceptors (Lipinski definition) is 5. The van der Waals surface area contributed by atoms with Crippen molar-refractivity contribution in [1.29, 1.82) is 0 Å². The van der Waals surface area contributed by atoms with Crippen molar-refractivity contribution in [3.8, 4) is 0 Å². The highest BCUT2D eigenvalue weighted by molar-refractivity contribution is 6.03. The van der Waals surface area contributed by atoms with Gasteiger partial charge in [-0.15, -0.1) is 0 Å². The van der Waals surface area contributed by atoms with Gasteiger partial charge in [0, 0.05) is 18.6 Å². The summed E-state index contributed by atoms with van der Waals surface area (Å²) in [6, 6.07) is 10.1. The maximum absolute atomic E-state index is 12.5. The van der Waals surface area contributed by atoms with Crippen LogP contribution in [0, 0.1) is 5.92 Å². The molecule has 1 spiro atoms. The summed E-state index contributed by atoms with van der Waals surface area (Å²) in [6.07, 6.45) is 1.93. The van der Waals surface area contributed by atoms with Crippen LogP contribution >= 0.6 is 0 Å². The molecule has 0 amide bonds. The second-order valence-corrected chi connectivity index (χ2v) is 6.32. The highest BCUT2D eigenvalue weighted by Gasteiger charge is 2.46. The predicted octanol–water partition coefficient (Wildman–Crippen LogP) is 3.29. The van der Waals surface area contributed by atoms with Crippen molar-refractivity contribution in [3.63, 3.8) is 0 Å². The van der Waals surface area contributed by atoms with Gasteiger partial charge in [-0.1, -0.05) is 30.3 Å². The molecule has 1 aliphatic carbocycles. The lowest BCUT2D eigenvalue weighted by Gasteiger charge is -2.36. The highest BCUT2D eigenvalue weighted by atomic mass is 16.7. The summed E-state index contributed by atoms with van der Waals surface area (Å²) in [5.41, 5.74) is 2.04. The smallest absolute Gasteiger partial charge is 0.314 e. The number of ether oxygens (including phenoxy) is 3. The lowest BCUT2D eigenvalue weighted by atomic mass is 9.82. The standard InChI is InChI=1S/C19H25NO4/c1-3-22-18(21)16-13-19(23-11-12-24-19)10-9-17(16)20-14(2)15-7-5-4-6-8-15/h4-8,14,16H,3,9-13H2,1-2H3/t14-,16?/m1/s1. The van der Waals surface area contributed by atoms with E-state index in [-0.39, 0.29) is 17.9 Å². The third-order valence-electron chi connectivity index (χ3n) is 4.71. The summed E-state index contributed by atoms with van der Waals surface area (Å²) in [4.78, 5) is 17.3. The topological polar surface area (TPSA) is 57.1 Å². The van der Waals surface area contributed by atoms with Crippen molar-refractivity contribution >= 4 is 11.7 Å². The van der Waals surface area contributed by atoms with Crippen molar-refractivity contribution < 1.29 is 19.0 Å². The van der Waals surface area contributed by atoms with Crippen LogP contribution < -0.4 is 0 Å². The van der Waals surface area contributed by atoms with Crippen LogP contribution in [0.25, 0.3) is 0 Å². The second kappa shape index (κ2) is 7.45. The molecule has 1 saturated heterocycles. The quantitative estimate of drug-likeness (QED) is 0.794. The van der Waals surface area contributed by atoms with E-state index < -0.39 is 5.79 Å². The lowest BCUT2D eigenvalue weighted by molar-refractivity contribution is -0.182. The van der Waals surface area contributed by atoms with Gasteiger partial charge in [-0.3, -0.25) is 9.79 Å². The molecule has 2 fully saturated rings. The summed E-state index contributed by atoms with van der Waals surface area (Å²) in [6.45, 7) is 5.41. The van der Waals surface area contributed by atoms with Gasteiger partial charge in [0.25, 0.3) is 0 Å². The van der Waals surface area contributed by atoms with Crippen molar-refractivity contribution in [2.45, 2.75) is 44.9 Å². The van der Waals surface area contributed by atoms with Crippen LogP contribution in [0.5, 0.6) is 0 Å². The molecule has 2 aliphatic rings. The Morgan fingerprint density at radius 3 is 2.71 bits per heavy atom. The molecule has 5 heteroatoms. The molecule has 5 nitrogen and oxygen atoms in total. The van der Waals surface area contributed by atoms with Gasteiger partial charge in [-0.25, -0.2) is 0 Å². The molecule has 3 rings (SSSR count). The van der Waals surface area contributed by atoms with E-state index in [1.54, 1.807) is 0 Å². The average molecular weight is 331 g/mol. The zero-order chi connectivity index (χ0) is 17.0. The Balaban J connectivity index is 1.82. The predicted molar refractivity (Wildman–Crippen MR) is 90.9 cm³/mol. The number of carbonyl (C=O) groups is 1. The molecule has 0 aromatic heterocycles. The molecule has 1 aliphatic heterocycles. The average Bonchev–Trinajstić information content (AvgIpc) is 3.05. The molecule has 1 aromatic carbocycles. The molecule has 130 valence electrons. The van der Waals surface area contributed by atoms with Crippen molar-refractivity contribution in [2.24, 2.45) is 10.9 Å². The number of benzene rings is 1. The molecule has 2 atom stereocenters. The van der Waals surface area contributed by atoms with Gasteiger partial charge in [0.05, 0.1) is 31.8 Å². The van der Waals surface area contributed by atoms with Gasteiger partial charge in [-0.05, 0) is 25.8 Å². The van der Waals surface area contributed by atoms with Gasteiger partial charge in [0.15, 0.2) is 5.79 Å². The minimum absolute atomic E-state index is 0.0117. The number of esters is 1. The monoisotopic (exact) mass is 331 g/mol. The van der Waals surface area contributed by atoms with E-state index in [0.717, 1.165) is 17.7 Å². The number of rotatable bonds is 4. The Morgan fingerprint density at radius 2 is 2.04 bits per heavy atom. The first-order chi connectivity index (χ1) is 11.6. The van der Waals surface area contributed by atoms with Crippen LogP contribution in [-0.4, -0.2) is 37.3 Å². The molecule has 1 heterocycles. The zero-order valence-electron chi connectivity index (χ0n) is 14.4. The maximum atomic E-state index is 12.5. The summed E-state index contributed by atoms with van der Waals surface area (Å²) in [5, 5.41) is 0. The molecule has 1 aromatic rings. The van der Waals surface area contributed by atoms with Gasteiger partial charge in [-0.2, -0.15) is 0 Å². The molecule has 0 radical (unpaired) electrons. The zero-order valence-corrected chi connectivity index (χ0v) is 14.4. The summed E-state index contributed by atoms with van der Waals surface area (Å²) in [5.74, 6) is -1.25. The number of hydrogen-bond donors (Lipinski definition) is 0. The first-order valence-electron chi connectivity index (χ1n) is 8.69. The van der Waals surface area contributed by atoms with Crippen LogP contribution in [0.1, 0.15) is 44.7 Å². The fourth-order valence-corrected chi connectivity index (χ4v) is 3.45. The van der Waals surface area contributed by atoms with Gasteiger partial charge < -0.3 is 14.2 Å². The highest BCUT2D eigenvalue weighted by Crippen LogP contribution is 2.39. The Morgan fingerprint density at radius 1 is 1.33 bits per heavy atom. The number of nitrogens with zero attached hydrogens (tertiary/aromatic N) is 1. The molecular weight excluding hydrogens is 306 g/mol. The summed E-state index contributed by atoms with van der Waals surface area (Å²) >= 11 is 0. The van der Waals surface area contributed by atoms with Gasteiger partial charge in [0.2, 0.25) is 0 Å². The Kier molecular flexibility index (Phi) is 5.31. The molecule has 1 saturated carbocycles. The SMILES string of the molecule is CCOC(=O)C1CC2(CCC1=N[C@H](C)c1ccccc1)OCCO2. The molecule has 0 bridgehead atoms.